The van der Waals surface area contributed by atoms with Gasteiger partial charge in [0.1, 0.15) is 11.2 Å². The van der Waals surface area contributed by atoms with Gasteiger partial charge in [-0.2, -0.15) is 0 Å². The van der Waals surface area contributed by atoms with E-state index in [9.17, 15) is 10.1 Å². The first-order chi connectivity index (χ1) is 9.34. The third-order valence-electron chi connectivity index (χ3n) is 6.56. The topological polar surface area (TPSA) is 55.7 Å². The Labute approximate surface area is 119 Å². The van der Waals surface area contributed by atoms with Gasteiger partial charge in [-0.1, -0.05) is 31.8 Å². The molecule has 20 heavy (non-hydrogen) atoms. The molecule has 106 valence electrons. The summed E-state index contributed by atoms with van der Waals surface area (Å²) in [5.41, 5.74) is 0.345. The SMILES string of the molecule is C[Si](C)(C)C1=C([N+](=O)[O-])[C@H]2C[C@H]1[C@@]13O[C@@]21[C@H]1C=C[C@H]3C1. The molecule has 4 nitrogen and oxygen atoms in total. The fourth-order valence-corrected chi connectivity index (χ4v) is 8.67. The fourth-order valence-electron chi connectivity index (χ4n) is 6.26. The van der Waals surface area contributed by atoms with Crippen molar-refractivity contribution in [2.75, 3.05) is 0 Å². The smallest absolute Gasteiger partial charge is 0.248 e. The minimum absolute atomic E-state index is 0.0355. The van der Waals surface area contributed by atoms with Crippen molar-refractivity contribution in [3.05, 3.63) is 33.2 Å². The van der Waals surface area contributed by atoms with E-state index >= 15 is 0 Å². The molecule has 0 unspecified atom stereocenters. The average Bonchev–Trinajstić information content (AvgIpc) is 2.77. The fraction of sp³-hybridized carbons (Fsp3) is 0.733. The lowest BCUT2D eigenvalue weighted by atomic mass is 9.75. The number of ether oxygens (including phenoxy) is 1. The molecule has 1 aliphatic heterocycles. The number of hydrogen-bond acceptors (Lipinski definition) is 3. The molecule has 5 aliphatic rings. The summed E-state index contributed by atoms with van der Waals surface area (Å²) in [5.74, 6) is 1.34. The monoisotopic (exact) mass is 289 g/mol. The summed E-state index contributed by atoms with van der Waals surface area (Å²) < 4.78 is 6.36. The summed E-state index contributed by atoms with van der Waals surface area (Å²) in [6.07, 6.45) is 6.73. The Kier molecular flexibility index (Phi) is 1.66. The summed E-state index contributed by atoms with van der Waals surface area (Å²) in [6.45, 7) is 6.74. The van der Waals surface area contributed by atoms with Crippen molar-refractivity contribution in [3.63, 3.8) is 0 Å². The molecule has 0 aromatic carbocycles. The third-order valence-corrected chi connectivity index (χ3v) is 8.78. The minimum Gasteiger partial charge on any atom is -0.360 e. The molecule has 2 saturated carbocycles. The van der Waals surface area contributed by atoms with Gasteiger partial charge in [0.25, 0.3) is 0 Å². The average molecular weight is 289 g/mol. The largest absolute Gasteiger partial charge is 0.360 e. The van der Waals surface area contributed by atoms with Crippen molar-refractivity contribution in [3.8, 4) is 0 Å². The van der Waals surface area contributed by atoms with Crippen molar-refractivity contribution >= 4 is 8.07 Å². The standard InChI is InChI=1S/C15H19NO3Si/c1-20(2,3)13-11-7-10(12(13)16(17)18)14-8-4-5-9(6-8)15(11,14)19-14/h4-5,8-11H,6-7H2,1-3H3/t8-,9-,10+,11+,14-,15+/m0/s1. The Morgan fingerprint density at radius 1 is 1.20 bits per heavy atom. The Bertz CT molecular complexity index is 634. The molecule has 3 fully saturated rings. The van der Waals surface area contributed by atoms with E-state index in [1.165, 1.54) is 5.20 Å². The lowest BCUT2D eigenvalue weighted by Gasteiger charge is -2.31. The lowest BCUT2D eigenvalue weighted by molar-refractivity contribution is -0.435. The Balaban J connectivity index is 1.74. The maximum atomic E-state index is 11.7. The van der Waals surface area contributed by atoms with Gasteiger partial charge < -0.3 is 4.74 Å². The molecule has 0 amide bonds. The van der Waals surface area contributed by atoms with E-state index < -0.39 is 8.07 Å². The van der Waals surface area contributed by atoms with Crippen molar-refractivity contribution in [2.45, 2.75) is 43.7 Å². The predicted molar refractivity (Wildman–Crippen MR) is 76.2 cm³/mol. The Morgan fingerprint density at radius 2 is 1.80 bits per heavy atom. The van der Waals surface area contributed by atoms with E-state index in [1.54, 1.807) is 0 Å². The highest BCUT2D eigenvalue weighted by atomic mass is 28.3. The van der Waals surface area contributed by atoms with Crippen LogP contribution in [0, 0.1) is 33.8 Å². The van der Waals surface area contributed by atoms with Gasteiger partial charge in [-0.25, -0.2) is 0 Å². The zero-order valence-electron chi connectivity index (χ0n) is 12.1. The molecule has 0 spiro atoms. The van der Waals surface area contributed by atoms with E-state index in [0.29, 0.717) is 23.5 Å². The first-order valence-corrected chi connectivity index (χ1v) is 11.1. The molecule has 4 aliphatic carbocycles. The first kappa shape index (κ1) is 11.7. The molecular formula is C15H19NO3Si. The van der Waals surface area contributed by atoms with Crippen LogP contribution in [-0.4, -0.2) is 24.2 Å². The van der Waals surface area contributed by atoms with E-state index in [4.69, 9.17) is 4.74 Å². The maximum Gasteiger partial charge on any atom is 0.248 e. The number of hydrogen-bond donors (Lipinski definition) is 0. The van der Waals surface area contributed by atoms with Crippen LogP contribution in [0.5, 0.6) is 0 Å². The quantitative estimate of drug-likeness (QED) is 0.258. The summed E-state index contributed by atoms with van der Waals surface area (Å²) in [5, 5.41) is 12.9. The molecule has 0 radical (unpaired) electrons. The number of epoxide rings is 1. The summed E-state index contributed by atoms with van der Waals surface area (Å²) in [4.78, 5) is 11.6. The highest BCUT2D eigenvalue weighted by Crippen LogP contribution is 2.83. The van der Waals surface area contributed by atoms with E-state index in [-0.39, 0.29) is 22.0 Å². The van der Waals surface area contributed by atoms with Crippen molar-refractivity contribution in [1.82, 2.24) is 0 Å². The Hall–Kier alpha value is -0.943. The molecule has 0 N–H and O–H groups in total. The van der Waals surface area contributed by atoms with Crippen LogP contribution in [0.3, 0.4) is 0 Å². The second-order valence-electron chi connectivity index (χ2n) is 8.17. The third kappa shape index (κ3) is 0.871. The number of nitrogens with zero attached hydrogens (tertiary/aromatic N) is 1. The van der Waals surface area contributed by atoms with Crippen LogP contribution in [0.4, 0.5) is 0 Å². The van der Waals surface area contributed by atoms with Crippen LogP contribution in [0.25, 0.3) is 0 Å². The Morgan fingerprint density at radius 3 is 2.35 bits per heavy atom. The molecule has 0 aromatic heterocycles. The summed E-state index contributed by atoms with van der Waals surface area (Å²) >= 11 is 0. The van der Waals surface area contributed by atoms with Crippen molar-refractivity contribution in [1.29, 1.82) is 0 Å². The van der Waals surface area contributed by atoms with Crippen molar-refractivity contribution in [2.24, 2.45) is 23.7 Å². The van der Waals surface area contributed by atoms with Crippen LogP contribution >= 0.6 is 0 Å². The van der Waals surface area contributed by atoms with Gasteiger partial charge in [0.2, 0.25) is 5.70 Å². The first-order valence-electron chi connectivity index (χ1n) is 7.61. The molecular weight excluding hydrogens is 270 g/mol. The highest BCUT2D eigenvalue weighted by molar-refractivity contribution is 6.83. The van der Waals surface area contributed by atoms with Crippen LogP contribution in [0.15, 0.2) is 23.0 Å². The van der Waals surface area contributed by atoms with Gasteiger partial charge in [-0.3, -0.25) is 10.1 Å². The summed E-state index contributed by atoms with van der Waals surface area (Å²) in [6, 6.07) is 0. The molecule has 1 saturated heterocycles. The predicted octanol–water partition coefficient (Wildman–Crippen LogP) is 2.76. The number of nitro groups is 1. The van der Waals surface area contributed by atoms with E-state index in [2.05, 4.69) is 31.8 Å². The normalized spacial score (nSPS) is 53.5. The molecule has 5 heteroatoms. The maximum absolute atomic E-state index is 11.7. The van der Waals surface area contributed by atoms with E-state index in [1.807, 2.05) is 0 Å². The van der Waals surface area contributed by atoms with Gasteiger partial charge in [0.15, 0.2) is 0 Å². The van der Waals surface area contributed by atoms with E-state index in [0.717, 1.165) is 12.8 Å². The van der Waals surface area contributed by atoms with Crippen LogP contribution in [0.2, 0.25) is 19.6 Å². The highest BCUT2D eigenvalue weighted by Gasteiger charge is 2.93. The second-order valence-corrected chi connectivity index (χ2v) is 13.2. The number of rotatable bonds is 2. The van der Waals surface area contributed by atoms with Crippen molar-refractivity contribution < 1.29 is 9.66 Å². The zero-order chi connectivity index (χ0) is 14.1. The second kappa shape index (κ2) is 2.83. The van der Waals surface area contributed by atoms with Gasteiger partial charge in [0, 0.05) is 17.8 Å². The number of fused-ring (bicyclic) bond motifs is 4. The summed E-state index contributed by atoms with van der Waals surface area (Å²) in [7, 11) is -1.68. The van der Waals surface area contributed by atoms with Crippen LogP contribution < -0.4 is 0 Å². The van der Waals surface area contributed by atoms with Gasteiger partial charge in [-0.05, 0) is 18.0 Å². The van der Waals surface area contributed by atoms with Crippen LogP contribution in [0.1, 0.15) is 12.8 Å². The zero-order valence-corrected chi connectivity index (χ0v) is 13.1. The molecule has 5 rings (SSSR count). The molecule has 6 atom stereocenters. The minimum atomic E-state index is -1.68. The molecule has 0 aromatic rings. The van der Waals surface area contributed by atoms with Crippen LogP contribution in [-0.2, 0) is 4.74 Å². The molecule has 4 bridgehead atoms. The lowest BCUT2D eigenvalue weighted by Crippen LogP contribution is -2.44. The van der Waals surface area contributed by atoms with Gasteiger partial charge in [-0.15, -0.1) is 0 Å². The molecule has 1 heterocycles. The van der Waals surface area contributed by atoms with Gasteiger partial charge >= 0.3 is 0 Å². The van der Waals surface area contributed by atoms with Gasteiger partial charge in [0.05, 0.1) is 18.9 Å².